The van der Waals surface area contributed by atoms with E-state index >= 15 is 0 Å². The van der Waals surface area contributed by atoms with Gasteiger partial charge < -0.3 is 5.32 Å². The summed E-state index contributed by atoms with van der Waals surface area (Å²) in [6.07, 6.45) is 0.618. The van der Waals surface area contributed by atoms with Crippen molar-refractivity contribution >= 4 is 23.4 Å². The van der Waals surface area contributed by atoms with Crippen LogP contribution in [0.25, 0.3) is 11.4 Å². The Labute approximate surface area is 149 Å². The minimum atomic E-state index is -0.343. The topological polar surface area (TPSA) is 70.7 Å². The SMILES string of the molecule is CCC(Sc1n[nH]c(-c2ccccc2)n1)C(=O)Nc1ccc(F)cc1. The van der Waals surface area contributed by atoms with Gasteiger partial charge in [-0.3, -0.25) is 9.89 Å². The Bertz CT molecular complexity index is 836. The van der Waals surface area contributed by atoms with Gasteiger partial charge in [-0.05, 0) is 30.7 Å². The highest BCUT2D eigenvalue weighted by Crippen LogP contribution is 2.25. The van der Waals surface area contributed by atoms with Crippen molar-refractivity contribution in [3.05, 3.63) is 60.4 Å². The van der Waals surface area contributed by atoms with Crippen LogP contribution in [0.3, 0.4) is 0 Å². The zero-order chi connectivity index (χ0) is 17.6. The van der Waals surface area contributed by atoms with E-state index in [0.29, 0.717) is 23.1 Å². The first-order valence-electron chi connectivity index (χ1n) is 7.86. The van der Waals surface area contributed by atoms with E-state index < -0.39 is 0 Å². The Morgan fingerprint density at radius 1 is 1.20 bits per heavy atom. The normalized spacial score (nSPS) is 11.9. The standard InChI is InChI=1S/C18H17FN4OS/c1-2-15(17(24)20-14-10-8-13(19)9-11-14)25-18-21-16(22-23-18)12-6-4-3-5-7-12/h3-11,15H,2H2,1H3,(H,20,24)(H,21,22,23). The number of nitrogens with zero attached hydrogens (tertiary/aromatic N) is 2. The molecule has 0 saturated heterocycles. The summed E-state index contributed by atoms with van der Waals surface area (Å²) >= 11 is 1.30. The number of carbonyl (C=O) groups is 1. The van der Waals surface area contributed by atoms with Crippen molar-refractivity contribution in [1.29, 1.82) is 0 Å². The van der Waals surface area contributed by atoms with Gasteiger partial charge in [0.2, 0.25) is 11.1 Å². The van der Waals surface area contributed by atoms with E-state index in [1.807, 2.05) is 37.3 Å². The minimum absolute atomic E-state index is 0.162. The minimum Gasteiger partial charge on any atom is -0.325 e. The van der Waals surface area contributed by atoms with Crippen LogP contribution in [-0.2, 0) is 4.79 Å². The number of aromatic amines is 1. The van der Waals surface area contributed by atoms with Crippen LogP contribution >= 0.6 is 11.8 Å². The van der Waals surface area contributed by atoms with Crippen LogP contribution in [0.4, 0.5) is 10.1 Å². The molecule has 1 unspecified atom stereocenters. The third-order valence-electron chi connectivity index (χ3n) is 3.53. The molecule has 0 bridgehead atoms. The van der Waals surface area contributed by atoms with Crippen LogP contribution in [0.5, 0.6) is 0 Å². The number of H-pyrrole nitrogens is 1. The summed E-state index contributed by atoms with van der Waals surface area (Å²) in [6.45, 7) is 1.92. The lowest BCUT2D eigenvalue weighted by atomic mass is 10.2. The molecule has 5 nitrogen and oxygen atoms in total. The number of benzene rings is 2. The van der Waals surface area contributed by atoms with E-state index in [4.69, 9.17) is 0 Å². The van der Waals surface area contributed by atoms with Gasteiger partial charge in [0.25, 0.3) is 0 Å². The predicted octanol–water partition coefficient (Wildman–Crippen LogP) is 4.12. The summed E-state index contributed by atoms with van der Waals surface area (Å²) in [6, 6.07) is 15.3. The van der Waals surface area contributed by atoms with Crippen LogP contribution in [0.15, 0.2) is 59.8 Å². The van der Waals surface area contributed by atoms with Gasteiger partial charge in [0, 0.05) is 11.3 Å². The molecule has 1 atom stereocenters. The second kappa shape index (κ2) is 7.94. The van der Waals surface area contributed by atoms with Crippen molar-refractivity contribution in [1.82, 2.24) is 15.2 Å². The van der Waals surface area contributed by atoms with Crippen molar-refractivity contribution in [3.8, 4) is 11.4 Å². The maximum atomic E-state index is 12.9. The Balaban J connectivity index is 1.66. The van der Waals surface area contributed by atoms with Crippen LogP contribution < -0.4 is 5.32 Å². The van der Waals surface area contributed by atoms with Crippen LogP contribution in [0.1, 0.15) is 13.3 Å². The molecule has 0 fully saturated rings. The highest BCUT2D eigenvalue weighted by atomic mass is 32.2. The molecule has 0 aliphatic heterocycles. The second-order valence-corrected chi connectivity index (χ2v) is 6.51. The number of aromatic nitrogens is 3. The molecule has 0 saturated carbocycles. The number of amides is 1. The zero-order valence-electron chi connectivity index (χ0n) is 13.6. The molecule has 3 rings (SSSR count). The van der Waals surface area contributed by atoms with Gasteiger partial charge in [0.05, 0.1) is 5.25 Å². The molecule has 1 heterocycles. The molecule has 7 heteroatoms. The molecular weight excluding hydrogens is 339 g/mol. The molecule has 1 amide bonds. The van der Waals surface area contributed by atoms with Gasteiger partial charge in [-0.15, -0.1) is 5.10 Å². The van der Waals surface area contributed by atoms with E-state index in [0.717, 1.165) is 5.56 Å². The Hall–Kier alpha value is -2.67. The Morgan fingerprint density at radius 3 is 2.60 bits per heavy atom. The number of anilines is 1. The number of halogens is 1. The van der Waals surface area contributed by atoms with E-state index in [1.165, 1.54) is 36.0 Å². The fourth-order valence-corrected chi connectivity index (χ4v) is 3.06. The molecule has 0 aliphatic carbocycles. The lowest BCUT2D eigenvalue weighted by molar-refractivity contribution is -0.115. The molecule has 3 aromatic rings. The van der Waals surface area contributed by atoms with E-state index in [1.54, 1.807) is 0 Å². The number of thioether (sulfide) groups is 1. The van der Waals surface area contributed by atoms with Gasteiger partial charge in [-0.1, -0.05) is 49.0 Å². The van der Waals surface area contributed by atoms with Crippen LogP contribution in [0, 0.1) is 5.82 Å². The molecule has 0 aliphatic rings. The predicted molar refractivity (Wildman–Crippen MR) is 96.8 cm³/mol. The van der Waals surface area contributed by atoms with Crippen molar-refractivity contribution in [2.45, 2.75) is 23.8 Å². The Kier molecular flexibility index (Phi) is 5.45. The van der Waals surface area contributed by atoms with Gasteiger partial charge in [0.15, 0.2) is 5.82 Å². The second-order valence-electron chi connectivity index (χ2n) is 5.34. The summed E-state index contributed by atoms with van der Waals surface area (Å²) in [7, 11) is 0. The van der Waals surface area contributed by atoms with Crippen molar-refractivity contribution in [2.24, 2.45) is 0 Å². The first-order valence-corrected chi connectivity index (χ1v) is 8.74. The molecule has 2 N–H and O–H groups in total. The number of nitrogens with one attached hydrogen (secondary N) is 2. The summed E-state index contributed by atoms with van der Waals surface area (Å²) in [5.41, 5.74) is 1.50. The lowest BCUT2D eigenvalue weighted by Gasteiger charge is -2.12. The summed E-state index contributed by atoms with van der Waals surface area (Å²) < 4.78 is 12.9. The fourth-order valence-electron chi connectivity index (χ4n) is 2.23. The Morgan fingerprint density at radius 2 is 1.92 bits per heavy atom. The maximum Gasteiger partial charge on any atom is 0.237 e. The van der Waals surface area contributed by atoms with Gasteiger partial charge in [0.1, 0.15) is 5.82 Å². The quantitative estimate of drug-likeness (QED) is 0.652. The molecule has 25 heavy (non-hydrogen) atoms. The van der Waals surface area contributed by atoms with E-state index in [2.05, 4.69) is 20.5 Å². The molecule has 2 aromatic carbocycles. The average molecular weight is 356 g/mol. The summed E-state index contributed by atoms with van der Waals surface area (Å²) in [5, 5.41) is 10.0. The molecular formula is C18H17FN4OS. The molecule has 0 radical (unpaired) electrons. The fraction of sp³-hybridized carbons (Fsp3) is 0.167. The first-order chi connectivity index (χ1) is 12.2. The molecule has 128 valence electrons. The summed E-state index contributed by atoms with van der Waals surface area (Å²) in [5.74, 6) is 0.163. The van der Waals surface area contributed by atoms with Crippen molar-refractivity contribution in [3.63, 3.8) is 0 Å². The van der Waals surface area contributed by atoms with E-state index in [9.17, 15) is 9.18 Å². The highest BCUT2D eigenvalue weighted by Gasteiger charge is 2.20. The monoisotopic (exact) mass is 356 g/mol. The zero-order valence-corrected chi connectivity index (χ0v) is 14.4. The van der Waals surface area contributed by atoms with Crippen LogP contribution in [0.2, 0.25) is 0 Å². The summed E-state index contributed by atoms with van der Waals surface area (Å²) in [4.78, 5) is 16.9. The van der Waals surface area contributed by atoms with E-state index in [-0.39, 0.29) is 17.0 Å². The number of hydrogen-bond acceptors (Lipinski definition) is 4. The highest BCUT2D eigenvalue weighted by molar-refractivity contribution is 8.00. The maximum absolute atomic E-state index is 12.9. The third-order valence-corrected chi connectivity index (χ3v) is 4.76. The molecule has 0 spiro atoms. The largest absolute Gasteiger partial charge is 0.325 e. The van der Waals surface area contributed by atoms with Crippen LogP contribution in [-0.4, -0.2) is 26.3 Å². The first kappa shape index (κ1) is 17.2. The smallest absolute Gasteiger partial charge is 0.237 e. The van der Waals surface area contributed by atoms with Crippen molar-refractivity contribution in [2.75, 3.05) is 5.32 Å². The van der Waals surface area contributed by atoms with Gasteiger partial charge >= 0.3 is 0 Å². The molecule has 1 aromatic heterocycles. The number of hydrogen-bond donors (Lipinski definition) is 2. The third kappa shape index (κ3) is 4.45. The average Bonchev–Trinajstić information content (AvgIpc) is 3.11. The van der Waals surface area contributed by atoms with Gasteiger partial charge in [-0.25, -0.2) is 9.37 Å². The van der Waals surface area contributed by atoms with Crippen molar-refractivity contribution < 1.29 is 9.18 Å². The number of carbonyl (C=O) groups excluding carboxylic acids is 1. The number of rotatable bonds is 6. The van der Waals surface area contributed by atoms with Gasteiger partial charge in [-0.2, -0.15) is 0 Å². The lowest BCUT2D eigenvalue weighted by Crippen LogP contribution is -2.24.